The largest absolute Gasteiger partial charge is 0.444 e. The predicted octanol–water partition coefficient (Wildman–Crippen LogP) is 3.73. The SMILES string of the molecule is CCN(CCNC(C)c1cccc(F)c1)C(=O)OC(C)(C)C. The standard InChI is InChI=1S/C17H27FN2O2/c1-6-20(16(21)22-17(3,4)5)11-10-19-13(2)14-8-7-9-15(18)12-14/h7-9,12-13,19H,6,10-11H2,1-5H3. The smallest absolute Gasteiger partial charge is 0.410 e. The fourth-order valence-electron chi connectivity index (χ4n) is 2.01. The lowest BCUT2D eigenvalue weighted by atomic mass is 10.1. The maximum atomic E-state index is 13.2. The van der Waals surface area contributed by atoms with Crippen LogP contribution in [0.5, 0.6) is 0 Å². The van der Waals surface area contributed by atoms with Gasteiger partial charge in [0.1, 0.15) is 11.4 Å². The molecule has 0 aliphatic heterocycles. The highest BCUT2D eigenvalue weighted by Crippen LogP contribution is 2.13. The predicted molar refractivity (Wildman–Crippen MR) is 86.3 cm³/mol. The number of carbonyl (C=O) groups excluding carboxylic acids is 1. The maximum Gasteiger partial charge on any atom is 0.410 e. The van der Waals surface area contributed by atoms with E-state index >= 15 is 0 Å². The van der Waals surface area contributed by atoms with Crippen molar-refractivity contribution in [3.63, 3.8) is 0 Å². The van der Waals surface area contributed by atoms with Crippen molar-refractivity contribution in [3.05, 3.63) is 35.6 Å². The molecule has 0 radical (unpaired) electrons. The molecule has 0 aliphatic carbocycles. The average molecular weight is 310 g/mol. The molecule has 0 aliphatic rings. The quantitative estimate of drug-likeness (QED) is 0.870. The molecule has 1 unspecified atom stereocenters. The second-order valence-electron chi connectivity index (χ2n) is 6.29. The molecule has 1 atom stereocenters. The highest BCUT2D eigenvalue weighted by atomic mass is 19.1. The molecule has 1 aromatic carbocycles. The second kappa shape index (κ2) is 8.13. The van der Waals surface area contributed by atoms with Gasteiger partial charge in [-0.3, -0.25) is 0 Å². The summed E-state index contributed by atoms with van der Waals surface area (Å²) in [5, 5.41) is 3.29. The number of nitrogens with zero attached hydrogens (tertiary/aromatic N) is 1. The van der Waals surface area contributed by atoms with Crippen molar-refractivity contribution in [3.8, 4) is 0 Å². The zero-order chi connectivity index (χ0) is 16.8. The van der Waals surface area contributed by atoms with E-state index in [2.05, 4.69) is 5.32 Å². The Kier molecular flexibility index (Phi) is 6.81. The lowest BCUT2D eigenvalue weighted by Gasteiger charge is -2.27. The fraction of sp³-hybridized carbons (Fsp3) is 0.588. The molecular weight excluding hydrogens is 283 g/mol. The van der Waals surface area contributed by atoms with Crippen LogP contribution in [0, 0.1) is 5.82 Å². The number of hydrogen-bond acceptors (Lipinski definition) is 3. The molecule has 0 aromatic heterocycles. The normalized spacial score (nSPS) is 12.8. The molecule has 0 bridgehead atoms. The van der Waals surface area contributed by atoms with Crippen molar-refractivity contribution < 1.29 is 13.9 Å². The minimum atomic E-state index is -0.493. The lowest BCUT2D eigenvalue weighted by molar-refractivity contribution is 0.0261. The van der Waals surface area contributed by atoms with Crippen molar-refractivity contribution >= 4 is 6.09 Å². The molecule has 1 aromatic rings. The van der Waals surface area contributed by atoms with Crippen LogP contribution in [0.15, 0.2) is 24.3 Å². The minimum absolute atomic E-state index is 0.0213. The summed E-state index contributed by atoms with van der Waals surface area (Å²) in [6.07, 6.45) is -0.310. The van der Waals surface area contributed by atoms with Crippen LogP contribution in [-0.2, 0) is 4.74 Å². The van der Waals surface area contributed by atoms with E-state index in [1.54, 1.807) is 11.0 Å². The van der Waals surface area contributed by atoms with Gasteiger partial charge < -0.3 is 15.0 Å². The molecule has 0 fully saturated rings. The van der Waals surface area contributed by atoms with E-state index in [9.17, 15) is 9.18 Å². The van der Waals surface area contributed by atoms with Crippen molar-refractivity contribution in [2.24, 2.45) is 0 Å². The van der Waals surface area contributed by atoms with Crippen molar-refractivity contribution in [1.82, 2.24) is 10.2 Å². The highest BCUT2D eigenvalue weighted by molar-refractivity contribution is 5.68. The Morgan fingerprint density at radius 3 is 2.64 bits per heavy atom. The summed E-state index contributed by atoms with van der Waals surface area (Å²) in [7, 11) is 0. The average Bonchev–Trinajstić information content (AvgIpc) is 2.41. The Morgan fingerprint density at radius 1 is 1.41 bits per heavy atom. The zero-order valence-corrected chi connectivity index (χ0v) is 14.1. The molecule has 1 N–H and O–H groups in total. The van der Waals surface area contributed by atoms with Crippen LogP contribution in [-0.4, -0.2) is 36.2 Å². The Morgan fingerprint density at radius 2 is 2.09 bits per heavy atom. The first kappa shape index (κ1) is 18.4. The third-order valence-electron chi connectivity index (χ3n) is 3.21. The van der Waals surface area contributed by atoms with Crippen LogP contribution >= 0.6 is 0 Å². The van der Waals surface area contributed by atoms with Gasteiger partial charge in [-0.1, -0.05) is 12.1 Å². The van der Waals surface area contributed by atoms with E-state index in [4.69, 9.17) is 4.74 Å². The molecule has 1 rings (SSSR count). The minimum Gasteiger partial charge on any atom is -0.444 e. The van der Waals surface area contributed by atoms with E-state index in [1.807, 2.05) is 40.7 Å². The number of nitrogens with one attached hydrogen (secondary N) is 1. The van der Waals surface area contributed by atoms with E-state index < -0.39 is 5.60 Å². The maximum absolute atomic E-state index is 13.2. The third kappa shape index (κ3) is 6.43. The topological polar surface area (TPSA) is 41.6 Å². The van der Waals surface area contributed by atoms with Crippen LogP contribution in [0.1, 0.15) is 46.2 Å². The molecule has 0 saturated carbocycles. The molecule has 1 amide bonds. The van der Waals surface area contributed by atoms with Crippen molar-refractivity contribution in [2.45, 2.75) is 46.3 Å². The molecule has 0 heterocycles. The van der Waals surface area contributed by atoms with Gasteiger partial charge in [-0.25, -0.2) is 9.18 Å². The first-order valence-electron chi connectivity index (χ1n) is 7.69. The molecule has 4 nitrogen and oxygen atoms in total. The number of rotatable bonds is 6. The zero-order valence-electron chi connectivity index (χ0n) is 14.1. The van der Waals surface area contributed by atoms with Gasteiger partial charge >= 0.3 is 6.09 Å². The van der Waals surface area contributed by atoms with E-state index in [-0.39, 0.29) is 18.0 Å². The molecule has 124 valence electrons. The number of carbonyl (C=O) groups is 1. The van der Waals surface area contributed by atoms with Gasteiger partial charge in [0, 0.05) is 25.7 Å². The summed E-state index contributed by atoms with van der Waals surface area (Å²) >= 11 is 0. The molecule has 5 heteroatoms. The van der Waals surface area contributed by atoms with Crippen LogP contribution in [0.3, 0.4) is 0 Å². The lowest BCUT2D eigenvalue weighted by Crippen LogP contribution is -2.40. The number of ether oxygens (including phenoxy) is 1. The molecular formula is C17H27FN2O2. The molecule has 22 heavy (non-hydrogen) atoms. The Bertz CT molecular complexity index is 486. The van der Waals surface area contributed by atoms with Crippen LogP contribution < -0.4 is 5.32 Å². The summed E-state index contributed by atoms with van der Waals surface area (Å²) in [5.41, 5.74) is 0.396. The fourth-order valence-corrected chi connectivity index (χ4v) is 2.01. The molecule has 0 spiro atoms. The van der Waals surface area contributed by atoms with Gasteiger partial charge in [0.05, 0.1) is 0 Å². The highest BCUT2D eigenvalue weighted by Gasteiger charge is 2.20. The monoisotopic (exact) mass is 310 g/mol. The first-order valence-corrected chi connectivity index (χ1v) is 7.69. The first-order chi connectivity index (χ1) is 10.2. The summed E-state index contributed by atoms with van der Waals surface area (Å²) in [4.78, 5) is 13.7. The van der Waals surface area contributed by atoms with E-state index in [0.29, 0.717) is 19.6 Å². The van der Waals surface area contributed by atoms with Gasteiger partial charge in [-0.2, -0.15) is 0 Å². The Hall–Kier alpha value is -1.62. The summed E-state index contributed by atoms with van der Waals surface area (Å²) in [5.74, 6) is -0.241. The van der Waals surface area contributed by atoms with E-state index in [1.165, 1.54) is 12.1 Å². The summed E-state index contributed by atoms with van der Waals surface area (Å²) in [6.45, 7) is 11.2. The van der Waals surface area contributed by atoms with Gasteiger partial charge in [0.25, 0.3) is 0 Å². The number of amides is 1. The molecule has 0 saturated heterocycles. The summed E-state index contributed by atoms with van der Waals surface area (Å²) in [6, 6.07) is 6.54. The van der Waals surface area contributed by atoms with Crippen LogP contribution in [0.2, 0.25) is 0 Å². The van der Waals surface area contributed by atoms with Gasteiger partial charge in [0.15, 0.2) is 0 Å². The van der Waals surface area contributed by atoms with Gasteiger partial charge in [-0.05, 0) is 52.3 Å². The summed E-state index contributed by atoms with van der Waals surface area (Å²) < 4.78 is 18.6. The van der Waals surface area contributed by atoms with Gasteiger partial charge in [-0.15, -0.1) is 0 Å². The third-order valence-corrected chi connectivity index (χ3v) is 3.21. The number of hydrogen-bond donors (Lipinski definition) is 1. The van der Waals surface area contributed by atoms with Gasteiger partial charge in [0.2, 0.25) is 0 Å². The Balaban J connectivity index is 2.45. The second-order valence-corrected chi connectivity index (χ2v) is 6.29. The van der Waals surface area contributed by atoms with Crippen molar-refractivity contribution in [2.75, 3.05) is 19.6 Å². The van der Waals surface area contributed by atoms with Crippen LogP contribution in [0.25, 0.3) is 0 Å². The number of benzene rings is 1. The number of halogens is 1. The van der Waals surface area contributed by atoms with E-state index in [0.717, 1.165) is 5.56 Å². The Labute approximate surface area is 132 Å². The van der Waals surface area contributed by atoms with Crippen molar-refractivity contribution in [1.29, 1.82) is 0 Å². The number of likely N-dealkylation sites (N-methyl/N-ethyl adjacent to an activating group) is 1. The van der Waals surface area contributed by atoms with Crippen LogP contribution in [0.4, 0.5) is 9.18 Å².